The Morgan fingerprint density at radius 3 is 2.57 bits per heavy atom. The minimum atomic E-state index is -0.00234. The first kappa shape index (κ1) is 20.5. The average Bonchev–Trinajstić information content (AvgIpc) is 2.80. The first-order valence-electron chi connectivity index (χ1n) is 10.8. The van der Waals surface area contributed by atoms with E-state index in [4.69, 9.17) is 0 Å². The smallest absolute Gasteiger partial charge is 0.274 e. The molecule has 8 nitrogen and oxygen atoms in total. The number of piperazine rings is 1. The lowest BCUT2D eigenvalue weighted by molar-refractivity contribution is 0.0630. The molecule has 2 aromatic heterocycles. The van der Waals surface area contributed by atoms with Gasteiger partial charge in [0.05, 0.1) is 0 Å². The van der Waals surface area contributed by atoms with Crippen LogP contribution in [0.2, 0.25) is 0 Å². The molecule has 2 aromatic rings. The summed E-state index contributed by atoms with van der Waals surface area (Å²) in [6.07, 6.45) is 4.08. The molecule has 160 valence electrons. The lowest BCUT2D eigenvalue weighted by atomic mass is 9.96. The van der Waals surface area contributed by atoms with E-state index in [2.05, 4.69) is 31.0 Å². The van der Waals surface area contributed by atoms with Crippen LogP contribution in [0, 0.1) is 5.92 Å². The molecule has 30 heavy (non-hydrogen) atoms. The topological polar surface area (TPSA) is 68.7 Å². The van der Waals surface area contributed by atoms with Crippen molar-refractivity contribution in [2.45, 2.75) is 12.8 Å². The molecule has 4 heterocycles. The van der Waals surface area contributed by atoms with Gasteiger partial charge in [0.2, 0.25) is 0 Å². The Balaban J connectivity index is 1.28. The van der Waals surface area contributed by atoms with E-state index in [1.807, 2.05) is 48.3 Å². The summed E-state index contributed by atoms with van der Waals surface area (Å²) >= 11 is 0. The molecule has 2 aliphatic rings. The van der Waals surface area contributed by atoms with Crippen molar-refractivity contribution in [3.8, 4) is 0 Å². The van der Waals surface area contributed by atoms with Gasteiger partial charge < -0.3 is 14.7 Å². The number of hydrogen-bond donors (Lipinski definition) is 0. The van der Waals surface area contributed by atoms with E-state index in [1.165, 1.54) is 6.42 Å². The van der Waals surface area contributed by atoms with Crippen molar-refractivity contribution in [1.82, 2.24) is 25.0 Å². The Bertz CT molecular complexity index is 819. The number of nitrogens with zero attached hydrogens (tertiary/aromatic N) is 7. The van der Waals surface area contributed by atoms with Crippen molar-refractivity contribution in [1.29, 1.82) is 0 Å². The molecular formula is C22H31N7O. The zero-order valence-corrected chi connectivity index (χ0v) is 17.9. The van der Waals surface area contributed by atoms with Crippen LogP contribution in [0.5, 0.6) is 0 Å². The number of rotatable bonds is 5. The van der Waals surface area contributed by atoms with E-state index < -0.39 is 0 Å². The van der Waals surface area contributed by atoms with Crippen LogP contribution in [-0.2, 0) is 0 Å². The van der Waals surface area contributed by atoms with Gasteiger partial charge in [0.15, 0.2) is 11.5 Å². The summed E-state index contributed by atoms with van der Waals surface area (Å²) in [7, 11) is 3.83. The third-order valence-electron chi connectivity index (χ3n) is 6.00. The van der Waals surface area contributed by atoms with Crippen LogP contribution in [0.4, 0.5) is 11.6 Å². The second-order valence-corrected chi connectivity index (χ2v) is 8.41. The number of hydrogen-bond acceptors (Lipinski definition) is 7. The van der Waals surface area contributed by atoms with Crippen LogP contribution in [0.25, 0.3) is 0 Å². The Morgan fingerprint density at radius 2 is 1.90 bits per heavy atom. The zero-order valence-electron chi connectivity index (χ0n) is 17.9. The second kappa shape index (κ2) is 9.38. The highest BCUT2D eigenvalue weighted by Gasteiger charge is 2.28. The molecule has 0 N–H and O–H groups in total. The van der Waals surface area contributed by atoms with Crippen LogP contribution >= 0.6 is 0 Å². The van der Waals surface area contributed by atoms with Crippen LogP contribution < -0.4 is 9.80 Å². The molecule has 8 heteroatoms. The Hall–Kier alpha value is -2.74. The molecule has 0 saturated carbocycles. The van der Waals surface area contributed by atoms with Gasteiger partial charge in [0.1, 0.15) is 5.82 Å². The van der Waals surface area contributed by atoms with Gasteiger partial charge in [0, 0.05) is 66.1 Å². The lowest BCUT2D eigenvalue weighted by Crippen LogP contribution is -2.50. The van der Waals surface area contributed by atoms with Gasteiger partial charge >= 0.3 is 0 Å². The third kappa shape index (κ3) is 4.87. The maximum atomic E-state index is 12.9. The highest BCUT2D eigenvalue weighted by Crippen LogP contribution is 2.21. The number of carbonyl (C=O) groups is 1. The quantitative estimate of drug-likeness (QED) is 0.743. The lowest BCUT2D eigenvalue weighted by Gasteiger charge is -2.39. The summed E-state index contributed by atoms with van der Waals surface area (Å²) in [5, 5.41) is 8.30. The van der Waals surface area contributed by atoms with E-state index in [-0.39, 0.29) is 5.91 Å². The fourth-order valence-corrected chi connectivity index (χ4v) is 4.30. The maximum Gasteiger partial charge on any atom is 0.274 e. The molecule has 1 atom stereocenters. The molecule has 0 bridgehead atoms. The highest BCUT2D eigenvalue weighted by molar-refractivity contribution is 5.92. The predicted molar refractivity (Wildman–Crippen MR) is 118 cm³/mol. The van der Waals surface area contributed by atoms with Gasteiger partial charge in [-0.15, -0.1) is 10.2 Å². The van der Waals surface area contributed by atoms with Crippen LogP contribution in [0.3, 0.4) is 0 Å². The van der Waals surface area contributed by atoms with E-state index in [9.17, 15) is 4.79 Å². The van der Waals surface area contributed by atoms with Gasteiger partial charge in [-0.3, -0.25) is 9.69 Å². The number of pyridine rings is 1. The minimum absolute atomic E-state index is 0.00234. The number of aromatic nitrogens is 3. The number of anilines is 2. The van der Waals surface area contributed by atoms with Crippen molar-refractivity contribution in [3.05, 3.63) is 42.2 Å². The maximum absolute atomic E-state index is 12.9. The average molecular weight is 410 g/mol. The van der Waals surface area contributed by atoms with Crippen molar-refractivity contribution in [2.75, 3.05) is 69.7 Å². The van der Waals surface area contributed by atoms with Crippen LogP contribution in [0.1, 0.15) is 23.3 Å². The molecule has 1 unspecified atom stereocenters. The Kier molecular flexibility index (Phi) is 6.42. The van der Waals surface area contributed by atoms with Gasteiger partial charge in [-0.25, -0.2) is 4.98 Å². The van der Waals surface area contributed by atoms with Crippen molar-refractivity contribution >= 4 is 17.5 Å². The largest absolute Gasteiger partial charge is 0.361 e. The fraction of sp³-hybridized carbons (Fsp3) is 0.545. The number of likely N-dealkylation sites (tertiary alicyclic amines) is 1. The summed E-state index contributed by atoms with van der Waals surface area (Å²) < 4.78 is 0. The Morgan fingerprint density at radius 1 is 1.07 bits per heavy atom. The summed E-state index contributed by atoms with van der Waals surface area (Å²) in [6, 6.07) is 9.71. The van der Waals surface area contributed by atoms with Gasteiger partial charge in [-0.2, -0.15) is 0 Å². The predicted octanol–water partition coefficient (Wildman–Crippen LogP) is 1.61. The van der Waals surface area contributed by atoms with E-state index in [0.29, 0.717) is 11.6 Å². The third-order valence-corrected chi connectivity index (χ3v) is 6.00. The summed E-state index contributed by atoms with van der Waals surface area (Å²) in [5.41, 5.74) is 0.435. The molecule has 0 spiro atoms. The van der Waals surface area contributed by atoms with Gasteiger partial charge in [-0.1, -0.05) is 6.07 Å². The van der Waals surface area contributed by atoms with Gasteiger partial charge in [-0.05, 0) is 43.0 Å². The molecule has 0 radical (unpaired) electrons. The van der Waals surface area contributed by atoms with Crippen LogP contribution in [0.15, 0.2) is 36.5 Å². The summed E-state index contributed by atoms with van der Waals surface area (Å²) in [6.45, 7) is 6.73. The standard InChI is InChI=1S/C22H31N7O/c1-26(2)21-9-8-19(24-25-21)22(30)29-11-5-6-18(17-29)16-27-12-14-28(15-13-27)20-7-3-4-10-23-20/h3-4,7-10,18H,5-6,11-17H2,1-2H3. The molecule has 2 aliphatic heterocycles. The molecule has 4 rings (SSSR count). The van der Waals surface area contributed by atoms with E-state index >= 15 is 0 Å². The summed E-state index contributed by atoms with van der Waals surface area (Å²) in [5.74, 6) is 2.33. The molecule has 1 amide bonds. The van der Waals surface area contributed by atoms with Crippen molar-refractivity contribution < 1.29 is 4.79 Å². The van der Waals surface area contributed by atoms with Crippen molar-refractivity contribution in [2.24, 2.45) is 5.92 Å². The van der Waals surface area contributed by atoms with Gasteiger partial charge in [0.25, 0.3) is 5.91 Å². The molecular weight excluding hydrogens is 378 g/mol. The van der Waals surface area contributed by atoms with E-state index in [0.717, 1.165) is 63.9 Å². The summed E-state index contributed by atoms with van der Waals surface area (Å²) in [4.78, 5) is 26.1. The van der Waals surface area contributed by atoms with Crippen LogP contribution in [-0.4, -0.2) is 90.8 Å². The molecule has 0 aliphatic carbocycles. The first-order chi connectivity index (χ1) is 14.6. The first-order valence-corrected chi connectivity index (χ1v) is 10.8. The van der Waals surface area contributed by atoms with E-state index in [1.54, 1.807) is 6.07 Å². The Labute approximate surface area is 178 Å². The number of piperidine rings is 1. The monoisotopic (exact) mass is 409 g/mol. The van der Waals surface area contributed by atoms with Crippen molar-refractivity contribution in [3.63, 3.8) is 0 Å². The highest BCUT2D eigenvalue weighted by atomic mass is 16.2. The molecule has 2 saturated heterocycles. The molecule has 0 aromatic carbocycles. The number of carbonyl (C=O) groups excluding carboxylic acids is 1. The fourth-order valence-electron chi connectivity index (χ4n) is 4.30. The SMILES string of the molecule is CN(C)c1ccc(C(=O)N2CCCC(CN3CCN(c4ccccn4)CC3)C2)nn1. The zero-order chi connectivity index (χ0) is 20.9. The second-order valence-electron chi connectivity index (χ2n) is 8.41. The number of amides is 1. The normalized spacial score (nSPS) is 20.3. The minimum Gasteiger partial charge on any atom is -0.361 e. The molecule has 2 fully saturated rings.